The predicted molar refractivity (Wildman–Crippen MR) is 107 cm³/mol. The zero-order chi connectivity index (χ0) is 18.1. The van der Waals surface area contributed by atoms with Crippen LogP contribution in [0, 0.1) is 13.8 Å². The topological polar surface area (TPSA) is 35.5 Å². The van der Waals surface area contributed by atoms with Crippen LogP contribution in [0.1, 0.15) is 22.6 Å². The zero-order valence-corrected chi connectivity index (χ0v) is 15.7. The number of rotatable bonds is 3. The van der Waals surface area contributed by atoms with Gasteiger partial charge >= 0.3 is 0 Å². The van der Waals surface area contributed by atoms with Crippen LogP contribution < -0.4 is 5.32 Å². The van der Waals surface area contributed by atoms with Crippen LogP contribution in [0.3, 0.4) is 0 Å². The molecule has 3 heteroatoms. The van der Waals surface area contributed by atoms with Gasteiger partial charge in [-0.2, -0.15) is 0 Å². The number of hydrogen-bond acceptors (Lipinski definition) is 3. The standard InChI is InChI=1S/C23H28N2O/c1-16-6-5-7-20(17(16)2)18-8-10-19(11-9-18)23-21-14-24-12-3-4-13-25(21)22(23)15-26/h3-11,21-24,26H,12-15H2,1-2H3/b4-3-/t21-,22?,23-/m0/s1. The third-order valence-electron chi connectivity index (χ3n) is 6.18. The number of aliphatic hydroxyl groups is 1. The highest BCUT2D eigenvalue weighted by molar-refractivity contribution is 5.68. The Morgan fingerprint density at radius 1 is 1.08 bits per heavy atom. The number of hydrogen-bond donors (Lipinski definition) is 2. The van der Waals surface area contributed by atoms with Crippen LogP contribution in [-0.2, 0) is 0 Å². The monoisotopic (exact) mass is 348 g/mol. The molecule has 2 N–H and O–H groups in total. The van der Waals surface area contributed by atoms with Crippen molar-refractivity contribution in [2.24, 2.45) is 0 Å². The first kappa shape index (κ1) is 17.5. The third kappa shape index (κ3) is 3.01. The number of nitrogens with one attached hydrogen (secondary N) is 1. The maximum Gasteiger partial charge on any atom is 0.0593 e. The number of aryl methyl sites for hydroxylation is 1. The first-order valence-corrected chi connectivity index (χ1v) is 9.59. The van der Waals surface area contributed by atoms with Gasteiger partial charge in [0.1, 0.15) is 0 Å². The molecule has 2 aliphatic heterocycles. The Bertz CT molecular complexity index is 796. The van der Waals surface area contributed by atoms with E-state index in [1.54, 1.807) is 0 Å². The maximum absolute atomic E-state index is 9.93. The minimum Gasteiger partial charge on any atom is -0.395 e. The Labute approximate surface area is 156 Å². The van der Waals surface area contributed by atoms with E-state index in [1.165, 1.54) is 27.8 Å². The Morgan fingerprint density at radius 3 is 2.65 bits per heavy atom. The van der Waals surface area contributed by atoms with Crippen molar-refractivity contribution in [2.75, 3.05) is 26.2 Å². The van der Waals surface area contributed by atoms with Crippen LogP contribution in [-0.4, -0.2) is 48.3 Å². The molecule has 0 aromatic heterocycles. The van der Waals surface area contributed by atoms with Crippen molar-refractivity contribution < 1.29 is 5.11 Å². The molecule has 0 spiro atoms. The van der Waals surface area contributed by atoms with Gasteiger partial charge in [0, 0.05) is 37.6 Å². The van der Waals surface area contributed by atoms with Crippen molar-refractivity contribution in [2.45, 2.75) is 31.8 Å². The summed E-state index contributed by atoms with van der Waals surface area (Å²) in [5.74, 6) is 0.395. The third-order valence-corrected chi connectivity index (χ3v) is 6.18. The summed E-state index contributed by atoms with van der Waals surface area (Å²) in [7, 11) is 0. The molecule has 26 heavy (non-hydrogen) atoms. The van der Waals surface area contributed by atoms with E-state index in [9.17, 15) is 5.11 Å². The van der Waals surface area contributed by atoms with E-state index >= 15 is 0 Å². The zero-order valence-electron chi connectivity index (χ0n) is 15.7. The summed E-state index contributed by atoms with van der Waals surface area (Å²) in [5.41, 5.74) is 6.59. The van der Waals surface area contributed by atoms with Crippen molar-refractivity contribution in [3.63, 3.8) is 0 Å². The number of fused-ring (bicyclic) bond motifs is 1. The Hall–Kier alpha value is -1.94. The molecule has 0 aliphatic carbocycles. The SMILES string of the molecule is Cc1cccc(-c2ccc([C@@H]3C(CO)N4C/C=C\CNC[C@@H]34)cc2)c1C. The number of aliphatic hydroxyl groups excluding tert-OH is 1. The second-order valence-electron chi connectivity index (χ2n) is 7.54. The molecular formula is C23H28N2O. The number of benzene rings is 2. The van der Waals surface area contributed by atoms with E-state index in [0.717, 1.165) is 19.6 Å². The highest BCUT2D eigenvalue weighted by atomic mass is 16.3. The van der Waals surface area contributed by atoms with E-state index in [0.29, 0.717) is 12.0 Å². The normalized spacial score (nSPS) is 27.1. The molecule has 4 rings (SSSR count). The quantitative estimate of drug-likeness (QED) is 0.836. The summed E-state index contributed by atoms with van der Waals surface area (Å²) >= 11 is 0. The lowest BCUT2D eigenvalue weighted by molar-refractivity contribution is -0.0339. The van der Waals surface area contributed by atoms with Crippen LogP contribution in [0.15, 0.2) is 54.6 Å². The Morgan fingerprint density at radius 2 is 1.88 bits per heavy atom. The average molecular weight is 348 g/mol. The van der Waals surface area contributed by atoms with Crippen molar-refractivity contribution in [3.05, 3.63) is 71.3 Å². The van der Waals surface area contributed by atoms with Gasteiger partial charge in [0.25, 0.3) is 0 Å². The van der Waals surface area contributed by atoms with E-state index in [1.807, 2.05) is 0 Å². The number of nitrogens with zero attached hydrogens (tertiary/aromatic N) is 1. The lowest BCUT2D eigenvalue weighted by Crippen LogP contribution is -2.66. The first-order valence-electron chi connectivity index (χ1n) is 9.59. The highest BCUT2D eigenvalue weighted by Gasteiger charge is 2.47. The smallest absolute Gasteiger partial charge is 0.0593 e. The largest absolute Gasteiger partial charge is 0.395 e. The predicted octanol–water partition coefficient (Wildman–Crippen LogP) is 3.26. The van der Waals surface area contributed by atoms with Crippen molar-refractivity contribution >= 4 is 0 Å². The molecule has 1 unspecified atom stereocenters. The van der Waals surface area contributed by atoms with Crippen molar-refractivity contribution in [1.82, 2.24) is 10.2 Å². The van der Waals surface area contributed by atoms with Gasteiger partial charge in [-0.15, -0.1) is 0 Å². The fourth-order valence-electron chi connectivity index (χ4n) is 4.53. The molecule has 3 atom stereocenters. The lowest BCUT2D eigenvalue weighted by Gasteiger charge is -2.55. The Balaban J connectivity index is 1.60. The molecule has 0 bridgehead atoms. The maximum atomic E-state index is 9.93. The fraction of sp³-hybridized carbons (Fsp3) is 0.391. The van der Waals surface area contributed by atoms with Gasteiger partial charge in [0.05, 0.1) is 6.61 Å². The van der Waals surface area contributed by atoms with Crippen LogP contribution in [0.2, 0.25) is 0 Å². The molecule has 1 saturated heterocycles. The molecule has 0 radical (unpaired) electrons. The summed E-state index contributed by atoms with van der Waals surface area (Å²) in [5, 5.41) is 13.4. The summed E-state index contributed by atoms with van der Waals surface area (Å²) < 4.78 is 0. The van der Waals surface area contributed by atoms with Gasteiger partial charge in [-0.3, -0.25) is 4.90 Å². The van der Waals surface area contributed by atoms with Crippen molar-refractivity contribution in [3.8, 4) is 11.1 Å². The molecule has 136 valence electrons. The Kier molecular flexibility index (Phi) is 4.94. The van der Waals surface area contributed by atoms with Gasteiger partial charge < -0.3 is 10.4 Å². The van der Waals surface area contributed by atoms with Crippen LogP contribution >= 0.6 is 0 Å². The highest BCUT2D eigenvalue weighted by Crippen LogP contribution is 2.41. The van der Waals surface area contributed by atoms with Crippen LogP contribution in [0.25, 0.3) is 11.1 Å². The molecule has 2 aliphatic rings. The van der Waals surface area contributed by atoms with E-state index in [2.05, 4.69) is 78.7 Å². The minimum atomic E-state index is 0.216. The average Bonchev–Trinajstić information content (AvgIpc) is 2.63. The van der Waals surface area contributed by atoms with E-state index in [4.69, 9.17) is 0 Å². The molecule has 0 amide bonds. The van der Waals surface area contributed by atoms with Gasteiger partial charge in [0.2, 0.25) is 0 Å². The van der Waals surface area contributed by atoms with Gasteiger partial charge in [-0.05, 0) is 41.7 Å². The fourth-order valence-corrected chi connectivity index (χ4v) is 4.53. The molecule has 2 heterocycles. The second kappa shape index (κ2) is 7.36. The molecule has 2 aromatic rings. The summed E-state index contributed by atoms with van der Waals surface area (Å²) in [6, 6.07) is 16.2. The van der Waals surface area contributed by atoms with Crippen LogP contribution in [0.4, 0.5) is 0 Å². The van der Waals surface area contributed by atoms with Gasteiger partial charge in [-0.1, -0.05) is 54.6 Å². The molecule has 2 aromatic carbocycles. The molecular weight excluding hydrogens is 320 g/mol. The van der Waals surface area contributed by atoms with Crippen LogP contribution in [0.5, 0.6) is 0 Å². The molecule has 3 nitrogen and oxygen atoms in total. The second-order valence-corrected chi connectivity index (χ2v) is 7.54. The van der Waals surface area contributed by atoms with Gasteiger partial charge in [-0.25, -0.2) is 0 Å². The summed E-state index contributed by atoms with van der Waals surface area (Å²) in [6.07, 6.45) is 4.39. The first-order chi connectivity index (χ1) is 12.7. The molecule has 1 fully saturated rings. The van der Waals surface area contributed by atoms with Crippen molar-refractivity contribution in [1.29, 1.82) is 0 Å². The molecule has 0 saturated carbocycles. The lowest BCUT2D eigenvalue weighted by atomic mass is 9.74. The summed E-state index contributed by atoms with van der Waals surface area (Å²) in [6.45, 7) is 7.43. The van der Waals surface area contributed by atoms with E-state index in [-0.39, 0.29) is 12.6 Å². The summed E-state index contributed by atoms with van der Waals surface area (Å²) in [4.78, 5) is 2.42. The van der Waals surface area contributed by atoms with Gasteiger partial charge in [0.15, 0.2) is 0 Å². The minimum absolute atomic E-state index is 0.216. The van der Waals surface area contributed by atoms with E-state index < -0.39 is 0 Å².